The topological polar surface area (TPSA) is 72.7 Å². The van der Waals surface area contributed by atoms with Gasteiger partial charge < -0.3 is 5.32 Å². The van der Waals surface area contributed by atoms with Crippen LogP contribution >= 0.6 is 23.2 Å². The number of aromatic nitrogens is 4. The second-order valence-corrected chi connectivity index (χ2v) is 6.52. The van der Waals surface area contributed by atoms with Gasteiger partial charge in [0.2, 0.25) is 11.7 Å². The van der Waals surface area contributed by atoms with Crippen LogP contribution in [0.1, 0.15) is 24.9 Å². The maximum Gasteiger partial charge on any atom is 0.247 e. The predicted octanol–water partition coefficient (Wildman–Crippen LogP) is 3.91. The molecule has 26 heavy (non-hydrogen) atoms. The molecule has 0 bridgehead atoms. The van der Waals surface area contributed by atoms with Crippen molar-refractivity contribution in [3.05, 3.63) is 64.1 Å². The highest BCUT2D eigenvalue weighted by Gasteiger charge is 2.22. The molecular formula is C18H17Cl2N5O. The molecule has 1 heterocycles. The van der Waals surface area contributed by atoms with Crippen LogP contribution in [0.15, 0.2) is 48.5 Å². The zero-order valence-electron chi connectivity index (χ0n) is 14.1. The summed E-state index contributed by atoms with van der Waals surface area (Å²) in [6, 6.07) is 14.0. The summed E-state index contributed by atoms with van der Waals surface area (Å²) in [6.45, 7) is 2.23. The highest BCUT2D eigenvalue weighted by atomic mass is 35.5. The fraction of sp³-hybridized carbons (Fsp3) is 0.222. The van der Waals surface area contributed by atoms with E-state index in [-0.39, 0.29) is 5.91 Å². The van der Waals surface area contributed by atoms with E-state index in [2.05, 4.69) is 20.7 Å². The molecule has 0 fully saturated rings. The van der Waals surface area contributed by atoms with Gasteiger partial charge in [-0.15, -0.1) is 10.2 Å². The zero-order chi connectivity index (χ0) is 18.5. The highest BCUT2D eigenvalue weighted by molar-refractivity contribution is 6.31. The zero-order valence-corrected chi connectivity index (χ0v) is 15.6. The Balaban J connectivity index is 1.71. The van der Waals surface area contributed by atoms with Gasteiger partial charge >= 0.3 is 0 Å². The number of nitrogens with one attached hydrogen (secondary N) is 1. The van der Waals surface area contributed by atoms with Gasteiger partial charge in [-0.2, -0.15) is 4.80 Å². The second-order valence-electron chi connectivity index (χ2n) is 5.67. The first-order chi connectivity index (χ1) is 12.6. The van der Waals surface area contributed by atoms with Gasteiger partial charge in [0.15, 0.2) is 6.04 Å². The number of halogens is 2. The van der Waals surface area contributed by atoms with Gasteiger partial charge in [0.1, 0.15) is 0 Å². The molecule has 1 amide bonds. The van der Waals surface area contributed by atoms with Crippen molar-refractivity contribution < 1.29 is 4.79 Å². The summed E-state index contributed by atoms with van der Waals surface area (Å²) < 4.78 is 0. The number of amides is 1. The Hall–Kier alpha value is -2.44. The van der Waals surface area contributed by atoms with Crippen molar-refractivity contribution in [1.29, 1.82) is 0 Å². The fourth-order valence-electron chi connectivity index (χ4n) is 2.47. The molecule has 0 aliphatic rings. The van der Waals surface area contributed by atoms with Crippen LogP contribution < -0.4 is 5.32 Å². The van der Waals surface area contributed by atoms with Gasteiger partial charge in [-0.3, -0.25) is 4.79 Å². The van der Waals surface area contributed by atoms with E-state index < -0.39 is 6.04 Å². The van der Waals surface area contributed by atoms with Gasteiger partial charge in [-0.05, 0) is 47.5 Å². The lowest BCUT2D eigenvalue weighted by molar-refractivity contribution is -0.125. The first-order valence-corrected chi connectivity index (χ1v) is 8.90. The molecule has 6 nitrogen and oxygen atoms in total. The molecule has 1 N–H and O–H groups in total. The molecule has 1 aromatic heterocycles. The Morgan fingerprint density at radius 2 is 1.88 bits per heavy atom. The molecule has 0 unspecified atom stereocenters. The third-order valence-corrected chi connectivity index (χ3v) is 4.53. The van der Waals surface area contributed by atoms with E-state index in [9.17, 15) is 4.79 Å². The summed E-state index contributed by atoms with van der Waals surface area (Å²) in [6.07, 6.45) is 0.533. The molecule has 0 aliphatic carbocycles. The summed E-state index contributed by atoms with van der Waals surface area (Å²) >= 11 is 12.0. The molecule has 3 rings (SSSR count). The van der Waals surface area contributed by atoms with Crippen LogP contribution in [0.25, 0.3) is 11.4 Å². The quantitative estimate of drug-likeness (QED) is 0.693. The van der Waals surface area contributed by atoms with Crippen LogP contribution in [0, 0.1) is 0 Å². The van der Waals surface area contributed by atoms with E-state index in [4.69, 9.17) is 23.2 Å². The van der Waals surface area contributed by atoms with Gasteiger partial charge in [0.05, 0.1) is 0 Å². The molecule has 8 heteroatoms. The molecule has 0 saturated heterocycles. The van der Waals surface area contributed by atoms with E-state index in [1.165, 1.54) is 4.80 Å². The maximum absolute atomic E-state index is 12.5. The lowest BCUT2D eigenvalue weighted by Gasteiger charge is -2.14. The van der Waals surface area contributed by atoms with Crippen LogP contribution in [0.2, 0.25) is 10.0 Å². The maximum atomic E-state index is 12.5. The van der Waals surface area contributed by atoms with Crippen molar-refractivity contribution >= 4 is 29.1 Å². The molecule has 3 aromatic rings. The molecule has 134 valence electrons. The van der Waals surface area contributed by atoms with Crippen molar-refractivity contribution in [3.8, 4) is 11.4 Å². The number of tetrazole rings is 1. The smallest absolute Gasteiger partial charge is 0.247 e. The summed E-state index contributed by atoms with van der Waals surface area (Å²) in [5.74, 6) is 0.256. The van der Waals surface area contributed by atoms with Crippen molar-refractivity contribution in [1.82, 2.24) is 25.5 Å². The number of nitrogens with zero attached hydrogens (tertiary/aromatic N) is 4. The number of rotatable bonds is 6. The van der Waals surface area contributed by atoms with Crippen molar-refractivity contribution in [2.24, 2.45) is 0 Å². The van der Waals surface area contributed by atoms with Crippen molar-refractivity contribution in [3.63, 3.8) is 0 Å². The van der Waals surface area contributed by atoms with Gasteiger partial charge in [-0.25, -0.2) is 0 Å². The largest absolute Gasteiger partial charge is 0.350 e. The minimum absolute atomic E-state index is 0.188. The predicted molar refractivity (Wildman–Crippen MR) is 101 cm³/mol. The monoisotopic (exact) mass is 389 g/mol. The molecule has 0 aliphatic heterocycles. The Labute approximate surface area is 161 Å². The molecule has 0 spiro atoms. The van der Waals surface area contributed by atoms with Gasteiger partial charge in [0.25, 0.3) is 0 Å². The minimum Gasteiger partial charge on any atom is -0.350 e. The molecular weight excluding hydrogens is 373 g/mol. The molecule has 0 saturated carbocycles. The van der Waals surface area contributed by atoms with Crippen LogP contribution in [-0.2, 0) is 11.3 Å². The molecule has 2 aromatic carbocycles. The summed E-state index contributed by atoms with van der Waals surface area (Å²) in [4.78, 5) is 13.9. The minimum atomic E-state index is -0.550. The van der Waals surface area contributed by atoms with Crippen LogP contribution in [0.3, 0.4) is 0 Å². The number of carbonyl (C=O) groups excluding carboxylic acids is 1. The van der Waals surface area contributed by atoms with Crippen molar-refractivity contribution in [2.75, 3.05) is 0 Å². The van der Waals surface area contributed by atoms with E-state index in [1.807, 2.05) is 37.3 Å². The third kappa shape index (κ3) is 4.20. The molecule has 1 atom stereocenters. The standard InChI is InChI=1S/C18H17Cl2N5O/c1-2-16(18(26)21-11-13-5-3-4-6-15(13)20)25-23-17(22-24-25)12-7-9-14(19)10-8-12/h3-10,16H,2,11H2,1H3,(H,21,26)/t16-/m0/s1. The number of benzene rings is 2. The van der Waals surface area contributed by atoms with E-state index in [1.54, 1.807) is 18.2 Å². The van der Waals surface area contributed by atoms with Crippen LogP contribution in [0.4, 0.5) is 0 Å². The Bertz CT molecular complexity index is 895. The molecule has 0 radical (unpaired) electrons. The third-order valence-electron chi connectivity index (χ3n) is 3.91. The van der Waals surface area contributed by atoms with E-state index >= 15 is 0 Å². The fourth-order valence-corrected chi connectivity index (χ4v) is 2.80. The van der Waals surface area contributed by atoms with E-state index in [0.29, 0.717) is 28.8 Å². The van der Waals surface area contributed by atoms with Crippen LogP contribution in [-0.4, -0.2) is 26.1 Å². The van der Waals surface area contributed by atoms with Gasteiger partial charge in [-0.1, -0.05) is 48.3 Å². The SMILES string of the molecule is CC[C@@H](C(=O)NCc1ccccc1Cl)n1nnc(-c2ccc(Cl)cc2)n1. The van der Waals surface area contributed by atoms with Crippen LogP contribution in [0.5, 0.6) is 0 Å². The number of hydrogen-bond donors (Lipinski definition) is 1. The lowest BCUT2D eigenvalue weighted by Crippen LogP contribution is -2.33. The number of hydrogen-bond acceptors (Lipinski definition) is 4. The Morgan fingerprint density at radius 3 is 2.58 bits per heavy atom. The highest BCUT2D eigenvalue weighted by Crippen LogP contribution is 2.19. The lowest BCUT2D eigenvalue weighted by atomic mass is 10.2. The normalized spacial score (nSPS) is 12.0. The number of carbonyl (C=O) groups is 1. The first-order valence-electron chi connectivity index (χ1n) is 8.15. The average molecular weight is 390 g/mol. The summed E-state index contributed by atoms with van der Waals surface area (Å²) in [5.41, 5.74) is 1.64. The van der Waals surface area contributed by atoms with E-state index in [0.717, 1.165) is 11.1 Å². The Kier molecular flexibility index (Phi) is 5.85. The van der Waals surface area contributed by atoms with Gasteiger partial charge in [0, 0.05) is 22.2 Å². The second kappa shape index (κ2) is 8.29. The summed E-state index contributed by atoms with van der Waals surface area (Å²) in [5, 5.41) is 16.5. The Morgan fingerprint density at radius 1 is 1.15 bits per heavy atom. The summed E-state index contributed by atoms with van der Waals surface area (Å²) in [7, 11) is 0. The van der Waals surface area contributed by atoms with Crippen molar-refractivity contribution in [2.45, 2.75) is 25.9 Å². The average Bonchev–Trinajstić information content (AvgIpc) is 3.12. The first kappa shape index (κ1) is 18.4.